The van der Waals surface area contributed by atoms with Gasteiger partial charge in [-0.15, -0.1) is 0 Å². The highest BCUT2D eigenvalue weighted by Crippen LogP contribution is 2.10. The van der Waals surface area contributed by atoms with Crippen LogP contribution in [0.5, 0.6) is 0 Å². The molecule has 0 fully saturated rings. The Morgan fingerprint density at radius 1 is 1.92 bits per heavy atom. The maximum atomic E-state index is 10.7. The van der Waals surface area contributed by atoms with Crippen molar-refractivity contribution in [3.05, 3.63) is 0 Å². The van der Waals surface area contributed by atoms with Crippen molar-refractivity contribution in [2.75, 3.05) is 13.7 Å². The van der Waals surface area contributed by atoms with Gasteiger partial charge in [-0.1, -0.05) is 6.92 Å². The highest BCUT2D eigenvalue weighted by atomic mass is 16.6. The SMILES string of the molecule is CONC1=NN(C(N)=O)CC1C. The molecule has 0 bridgehead atoms. The van der Waals surface area contributed by atoms with E-state index < -0.39 is 6.03 Å². The smallest absolute Gasteiger partial charge is 0.335 e. The first-order chi connectivity index (χ1) is 5.65. The Balaban J connectivity index is 2.61. The molecule has 2 amide bonds. The lowest BCUT2D eigenvalue weighted by molar-refractivity contribution is 0.141. The highest BCUT2D eigenvalue weighted by Gasteiger charge is 2.25. The van der Waals surface area contributed by atoms with Crippen LogP contribution in [0.3, 0.4) is 0 Å². The molecule has 1 unspecified atom stereocenters. The fourth-order valence-electron chi connectivity index (χ4n) is 0.980. The summed E-state index contributed by atoms with van der Waals surface area (Å²) in [6.45, 7) is 2.43. The molecular weight excluding hydrogens is 160 g/mol. The number of amidine groups is 1. The number of hydrogen-bond donors (Lipinski definition) is 2. The molecule has 68 valence electrons. The summed E-state index contributed by atoms with van der Waals surface area (Å²) >= 11 is 0. The lowest BCUT2D eigenvalue weighted by atomic mass is 10.2. The number of amides is 2. The van der Waals surface area contributed by atoms with Crippen molar-refractivity contribution in [2.45, 2.75) is 6.92 Å². The molecule has 0 saturated carbocycles. The van der Waals surface area contributed by atoms with E-state index in [9.17, 15) is 4.79 Å². The van der Waals surface area contributed by atoms with Gasteiger partial charge in [0.25, 0.3) is 0 Å². The van der Waals surface area contributed by atoms with E-state index in [0.717, 1.165) is 0 Å². The molecule has 1 heterocycles. The highest BCUT2D eigenvalue weighted by molar-refractivity contribution is 5.87. The lowest BCUT2D eigenvalue weighted by Crippen LogP contribution is -2.30. The third-order valence-electron chi connectivity index (χ3n) is 1.60. The maximum absolute atomic E-state index is 10.7. The van der Waals surface area contributed by atoms with Gasteiger partial charge in [-0.05, 0) is 0 Å². The standard InChI is InChI=1S/C6H12N4O2/c1-4-3-10(6(7)11)8-5(4)9-12-2/h4H,3H2,1-2H3,(H2,7,11)(H,8,9). The van der Waals surface area contributed by atoms with E-state index in [0.29, 0.717) is 12.4 Å². The summed E-state index contributed by atoms with van der Waals surface area (Å²) in [4.78, 5) is 15.3. The first kappa shape index (κ1) is 8.79. The minimum absolute atomic E-state index is 0.137. The molecule has 12 heavy (non-hydrogen) atoms. The van der Waals surface area contributed by atoms with Gasteiger partial charge in [0.1, 0.15) is 0 Å². The van der Waals surface area contributed by atoms with Crippen molar-refractivity contribution in [3.8, 4) is 0 Å². The van der Waals surface area contributed by atoms with E-state index in [1.807, 2.05) is 6.92 Å². The summed E-state index contributed by atoms with van der Waals surface area (Å²) in [5.41, 5.74) is 7.61. The monoisotopic (exact) mass is 172 g/mol. The van der Waals surface area contributed by atoms with Crippen LogP contribution < -0.4 is 11.2 Å². The minimum atomic E-state index is -0.547. The van der Waals surface area contributed by atoms with Crippen LogP contribution >= 0.6 is 0 Å². The zero-order chi connectivity index (χ0) is 9.14. The van der Waals surface area contributed by atoms with Crippen molar-refractivity contribution in [1.82, 2.24) is 10.5 Å². The Labute approximate surface area is 70.3 Å². The summed E-state index contributed by atoms with van der Waals surface area (Å²) in [6.07, 6.45) is 0. The summed E-state index contributed by atoms with van der Waals surface area (Å²) < 4.78 is 0. The van der Waals surface area contributed by atoms with Crippen molar-refractivity contribution in [2.24, 2.45) is 16.8 Å². The Morgan fingerprint density at radius 3 is 3.00 bits per heavy atom. The molecule has 1 atom stereocenters. The molecule has 1 aliphatic heterocycles. The van der Waals surface area contributed by atoms with Crippen LogP contribution in [0, 0.1) is 5.92 Å². The van der Waals surface area contributed by atoms with Crippen LogP contribution in [0.1, 0.15) is 6.92 Å². The molecule has 1 aliphatic rings. The lowest BCUT2D eigenvalue weighted by Gasteiger charge is -2.07. The molecule has 0 aromatic carbocycles. The summed E-state index contributed by atoms with van der Waals surface area (Å²) in [5, 5.41) is 5.10. The zero-order valence-electron chi connectivity index (χ0n) is 7.07. The minimum Gasteiger partial charge on any atom is -0.350 e. The van der Waals surface area contributed by atoms with Crippen molar-refractivity contribution >= 4 is 11.9 Å². The van der Waals surface area contributed by atoms with E-state index in [1.54, 1.807) is 0 Å². The van der Waals surface area contributed by atoms with Crippen LogP contribution in [-0.2, 0) is 4.84 Å². The van der Waals surface area contributed by atoms with Crippen LogP contribution in [-0.4, -0.2) is 30.5 Å². The maximum Gasteiger partial charge on any atom is 0.335 e. The Hall–Kier alpha value is -1.30. The van der Waals surface area contributed by atoms with Crippen molar-refractivity contribution < 1.29 is 9.63 Å². The second kappa shape index (κ2) is 3.40. The molecule has 0 aromatic heterocycles. The quantitative estimate of drug-likeness (QED) is 0.522. The van der Waals surface area contributed by atoms with E-state index in [-0.39, 0.29) is 5.92 Å². The van der Waals surface area contributed by atoms with Gasteiger partial charge < -0.3 is 5.73 Å². The summed E-state index contributed by atoms with van der Waals surface area (Å²) in [6, 6.07) is -0.547. The van der Waals surface area contributed by atoms with Crippen LogP contribution in [0.2, 0.25) is 0 Å². The second-order valence-corrected chi connectivity index (χ2v) is 2.61. The summed E-state index contributed by atoms with van der Waals surface area (Å²) in [5.74, 6) is 0.758. The number of urea groups is 1. The predicted molar refractivity (Wildman–Crippen MR) is 43.0 cm³/mol. The number of primary amides is 1. The van der Waals surface area contributed by atoms with E-state index in [2.05, 4.69) is 15.4 Å². The number of nitrogens with two attached hydrogens (primary N) is 1. The topological polar surface area (TPSA) is 79.9 Å². The van der Waals surface area contributed by atoms with Gasteiger partial charge in [0, 0.05) is 5.92 Å². The number of nitrogens with one attached hydrogen (secondary N) is 1. The van der Waals surface area contributed by atoms with Gasteiger partial charge in [0.2, 0.25) is 0 Å². The first-order valence-electron chi connectivity index (χ1n) is 3.59. The Kier molecular flexibility index (Phi) is 2.49. The molecule has 0 spiro atoms. The third-order valence-corrected chi connectivity index (χ3v) is 1.60. The number of nitrogens with zero attached hydrogens (tertiary/aromatic N) is 2. The number of hydroxylamine groups is 1. The zero-order valence-corrected chi connectivity index (χ0v) is 7.07. The van der Waals surface area contributed by atoms with Gasteiger partial charge in [-0.25, -0.2) is 9.80 Å². The van der Waals surface area contributed by atoms with Gasteiger partial charge >= 0.3 is 6.03 Å². The number of hydrogen-bond acceptors (Lipinski definition) is 4. The number of hydrazone groups is 1. The summed E-state index contributed by atoms with van der Waals surface area (Å²) in [7, 11) is 1.49. The van der Waals surface area contributed by atoms with Crippen LogP contribution in [0.4, 0.5) is 4.79 Å². The molecule has 3 N–H and O–H groups in total. The Bertz CT molecular complexity index is 216. The van der Waals surface area contributed by atoms with Gasteiger partial charge in [-0.2, -0.15) is 5.10 Å². The third kappa shape index (κ3) is 1.65. The molecular formula is C6H12N4O2. The molecule has 6 heteroatoms. The second-order valence-electron chi connectivity index (χ2n) is 2.61. The fourth-order valence-corrected chi connectivity index (χ4v) is 0.980. The van der Waals surface area contributed by atoms with Crippen LogP contribution in [0.15, 0.2) is 5.10 Å². The van der Waals surface area contributed by atoms with Crippen molar-refractivity contribution in [1.29, 1.82) is 0 Å². The molecule has 0 aliphatic carbocycles. The molecule has 6 nitrogen and oxygen atoms in total. The first-order valence-corrected chi connectivity index (χ1v) is 3.59. The number of rotatable bonds is 1. The molecule has 0 aromatic rings. The van der Waals surface area contributed by atoms with E-state index in [4.69, 9.17) is 5.73 Å². The fraction of sp³-hybridized carbons (Fsp3) is 0.667. The average molecular weight is 172 g/mol. The molecule has 0 radical (unpaired) electrons. The van der Waals surface area contributed by atoms with Crippen molar-refractivity contribution in [3.63, 3.8) is 0 Å². The largest absolute Gasteiger partial charge is 0.350 e. The van der Waals surface area contributed by atoms with E-state index in [1.165, 1.54) is 12.1 Å². The average Bonchev–Trinajstić information content (AvgIpc) is 2.34. The van der Waals surface area contributed by atoms with E-state index >= 15 is 0 Å². The number of carbonyl (C=O) groups is 1. The molecule has 0 saturated heterocycles. The van der Waals surface area contributed by atoms with Gasteiger partial charge in [-0.3, -0.25) is 10.3 Å². The van der Waals surface area contributed by atoms with Gasteiger partial charge in [0.15, 0.2) is 5.84 Å². The molecule has 1 rings (SSSR count). The predicted octanol–water partition coefficient (Wildman–Crippen LogP) is -0.519. The number of carbonyl (C=O) groups excluding carboxylic acids is 1. The normalized spacial score (nSPS) is 22.3. The Morgan fingerprint density at radius 2 is 2.58 bits per heavy atom. The van der Waals surface area contributed by atoms with Gasteiger partial charge in [0.05, 0.1) is 13.7 Å². The van der Waals surface area contributed by atoms with Crippen LogP contribution in [0.25, 0.3) is 0 Å².